The first-order chi connectivity index (χ1) is 25.1. The lowest BCUT2D eigenvalue weighted by Gasteiger charge is -2.39. The maximum atomic E-state index is 14.4. The molecule has 1 heterocycles. The number of halogens is 2. The molecule has 5 rings (SSSR count). The van der Waals surface area contributed by atoms with Crippen LogP contribution < -0.4 is 26.2 Å². The lowest BCUT2D eigenvalue weighted by molar-refractivity contribution is -0.137. The van der Waals surface area contributed by atoms with Gasteiger partial charge in [0.2, 0.25) is 17.7 Å². The molecule has 0 aliphatic heterocycles. The number of rotatable bonds is 14. The number of nitrogens with two attached hydrogens (primary N) is 1. The Balaban J connectivity index is 1.49. The van der Waals surface area contributed by atoms with Crippen molar-refractivity contribution in [3.8, 4) is 5.75 Å². The van der Waals surface area contributed by atoms with Crippen molar-refractivity contribution in [2.75, 3.05) is 0 Å². The Hall–Kier alpha value is -4.59. The number of H-pyrrole nitrogens is 1. The van der Waals surface area contributed by atoms with Gasteiger partial charge >= 0.3 is 13.9 Å². The summed E-state index contributed by atoms with van der Waals surface area (Å²) in [7, 11) is -4.82. The maximum Gasteiger partial charge on any atom is 0.524 e. The normalized spacial score (nSPS) is 17.2. The maximum absolute atomic E-state index is 14.4. The highest BCUT2D eigenvalue weighted by Crippen LogP contribution is 2.39. The number of benzene rings is 3. The molecule has 1 aliphatic rings. The van der Waals surface area contributed by atoms with E-state index in [1.54, 1.807) is 43.3 Å². The van der Waals surface area contributed by atoms with Gasteiger partial charge in [0.05, 0.1) is 10.5 Å². The molecule has 0 saturated heterocycles. The number of aryl methyl sites for hydroxylation is 1. The summed E-state index contributed by atoms with van der Waals surface area (Å²) in [4.78, 5) is 76.1. The minimum absolute atomic E-state index is 0.0256. The third kappa shape index (κ3) is 9.89. The Kier molecular flexibility index (Phi) is 12.4. The fourth-order valence-corrected chi connectivity index (χ4v) is 7.27. The van der Waals surface area contributed by atoms with Crippen LogP contribution in [0.5, 0.6) is 5.75 Å². The number of carbonyl (C=O) groups is 4. The number of aromatic nitrogens is 1. The topological polar surface area (TPSA) is 222 Å². The Morgan fingerprint density at radius 2 is 1.72 bits per heavy atom. The number of carbonyl (C=O) groups excluding carboxylic acids is 4. The number of aromatic amines is 1. The van der Waals surface area contributed by atoms with Gasteiger partial charge in [0, 0.05) is 28.9 Å². The van der Waals surface area contributed by atoms with Gasteiger partial charge in [0.1, 0.15) is 30.0 Å². The molecule has 1 unspecified atom stereocenters. The van der Waals surface area contributed by atoms with E-state index in [0.29, 0.717) is 50.5 Å². The number of hydrogen-bond donors (Lipinski definition) is 7. The molecule has 0 bridgehead atoms. The quantitative estimate of drug-likeness (QED) is 0.0868. The van der Waals surface area contributed by atoms with Gasteiger partial charge in [-0.05, 0) is 59.7 Å². The predicted molar refractivity (Wildman–Crippen MR) is 198 cm³/mol. The van der Waals surface area contributed by atoms with E-state index in [-0.39, 0.29) is 37.5 Å². The molecular weight excluding hydrogens is 748 g/mol. The average molecular weight is 789 g/mol. The van der Waals surface area contributed by atoms with Gasteiger partial charge in [-0.2, -0.15) is 0 Å². The van der Waals surface area contributed by atoms with Crippen LogP contribution in [-0.4, -0.2) is 56.2 Å². The van der Waals surface area contributed by atoms with Crippen LogP contribution >= 0.6 is 31.0 Å². The second-order valence-electron chi connectivity index (χ2n) is 13.1. The SMILES string of the molecule is CCC(C)[C@H](NC(=O)[C@@]1(NC(=O)[C@H](Cc2ccc(OP(=O)(O)O)cc2)NC(=O)OCc2ccccc2)CCc2[nH]c3c(Cl)cc(Cl)cc3c2C1)C(N)=O. The van der Waals surface area contributed by atoms with Gasteiger partial charge in [0.25, 0.3) is 0 Å². The molecule has 0 fully saturated rings. The van der Waals surface area contributed by atoms with Crippen LogP contribution in [0.1, 0.15) is 49.1 Å². The molecule has 1 aliphatic carbocycles. The standard InChI is InChI=1S/C36H40Cl2N5O9P/c1-3-20(2)30(32(39)44)42-34(46)36(14-13-28-26(18-36)25-16-23(37)17-27(38)31(25)40-28)43-33(45)29(41-35(47)51-19-22-7-5-4-6-8-22)15-21-9-11-24(12-10-21)52-53(48,49)50/h4-12,16-17,20,29-30,40H,3,13-15,18-19H2,1-2H3,(H2,39,44)(H,41,47)(H,42,46)(H,43,45)(H2,48,49,50)/t20?,29-,30-,36+/m0/s1. The van der Waals surface area contributed by atoms with Gasteiger partial charge in [0.15, 0.2) is 0 Å². The molecule has 4 aromatic rings. The van der Waals surface area contributed by atoms with Gasteiger partial charge < -0.3 is 35.9 Å². The Morgan fingerprint density at radius 3 is 2.36 bits per heavy atom. The number of phosphoric ester groups is 1. The highest BCUT2D eigenvalue weighted by molar-refractivity contribution is 7.46. The van der Waals surface area contributed by atoms with Crippen molar-refractivity contribution >= 4 is 65.7 Å². The lowest BCUT2D eigenvalue weighted by Crippen LogP contribution is -2.66. The van der Waals surface area contributed by atoms with E-state index in [1.807, 2.05) is 13.0 Å². The summed E-state index contributed by atoms with van der Waals surface area (Å²) in [5.41, 5.74) is 7.37. The minimum atomic E-state index is -4.82. The molecule has 282 valence electrons. The fourth-order valence-electron chi connectivity index (χ4n) is 6.34. The summed E-state index contributed by atoms with van der Waals surface area (Å²) in [5, 5.41) is 9.72. The minimum Gasteiger partial charge on any atom is -0.445 e. The second kappa shape index (κ2) is 16.6. The third-order valence-electron chi connectivity index (χ3n) is 9.31. The molecule has 17 heteroatoms. The van der Waals surface area contributed by atoms with Crippen molar-refractivity contribution in [3.63, 3.8) is 0 Å². The number of phosphoric acid groups is 1. The summed E-state index contributed by atoms with van der Waals surface area (Å²) in [6, 6.07) is 15.4. The van der Waals surface area contributed by atoms with Crippen LogP contribution in [0.2, 0.25) is 10.0 Å². The van der Waals surface area contributed by atoms with Crippen LogP contribution in [0, 0.1) is 5.92 Å². The third-order valence-corrected chi connectivity index (χ3v) is 10.3. The average Bonchev–Trinajstić information content (AvgIpc) is 3.47. The Bertz CT molecular complexity index is 2040. The molecule has 53 heavy (non-hydrogen) atoms. The number of ether oxygens (including phenoxy) is 1. The van der Waals surface area contributed by atoms with Crippen molar-refractivity contribution in [3.05, 3.63) is 99.2 Å². The van der Waals surface area contributed by atoms with Crippen LogP contribution in [0.4, 0.5) is 4.79 Å². The van der Waals surface area contributed by atoms with E-state index in [4.69, 9.17) is 33.7 Å². The Labute approximate surface area is 315 Å². The Morgan fingerprint density at radius 1 is 1.02 bits per heavy atom. The molecule has 1 aromatic heterocycles. The predicted octanol–water partition coefficient (Wildman–Crippen LogP) is 4.84. The van der Waals surface area contributed by atoms with Crippen LogP contribution in [0.3, 0.4) is 0 Å². The number of alkyl carbamates (subject to hydrolysis) is 1. The summed E-state index contributed by atoms with van der Waals surface area (Å²) in [5.74, 6) is -2.56. The smallest absolute Gasteiger partial charge is 0.445 e. The van der Waals surface area contributed by atoms with E-state index in [2.05, 4.69) is 25.5 Å². The molecule has 0 radical (unpaired) electrons. The van der Waals surface area contributed by atoms with Crippen LogP contribution in [0.25, 0.3) is 10.9 Å². The van der Waals surface area contributed by atoms with E-state index in [0.717, 1.165) is 5.69 Å². The van der Waals surface area contributed by atoms with Crippen molar-refractivity contribution < 1.29 is 42.8 Å². The summed E-state index contributed by atoms with van der Waals surface area (Å²) in [6.45, 7) is 3.55. The summed E-state index contributed by atoms with van der Waals surface area (Å²) < 4.78 is 21.4. The zero-order valence-electron chi connectivity index (χ0n) is 28.9. The number of fused-ring (bicyclic) bond motifs is 3. The van der Waals surface area contributed by atoms with Gasteiger partial charge in [-0.25, -0.2) is 9.36 Å². The van der Waals surface area contributed by atoms with E-state index in [9.17, 15) is 33.5 Å². The van der Waals surface area contributed by atoms with Crippen molar-refractivity contribution in [2.24, 2.45) is 11.7 Å². The van der Waals surface area contributed by atoms with Crippen molar-refractivity contribution in [1.29, 1.82) is 0 Å². The zero-order chi connectivity index (χ0) is 38.5. The van der Waals surface area contributed by atoms with Gasteiger partial charge in [-0.1, -0.05) is 85.9 Å². The molecule has 3 aromatic carbocycles. The number of amides is 4. The largest absolute Gasteiger partial charge is 0.524 e. The van der Waals surface area contributed by atoms with Crippen LogP contribution in [0.15, 0.2) is 66.7 Å². The van der Waals surface area contributed by atoms with Gasteiger partial charge in [-0.3, -0.25) is 24.2 Å². The lowest BCUT2D eigenvalue weighted by atomic mass is 9.78. The molecule has 4 amide bonds. The molecular formula is C36H40Cl2N5O9P. The van der Waals surface area contributed by atoms with Crippen molar-refractivity contribution in [2.45, 2.75) is 70.2 Å². The second-order valence-corrected chi connectivity index (χ2v) is 15.1. The molecule has 0 saturated carbocycles. The monoisotopic (exact) mass is 787 g/mol. The van der Waals surface area contributed by atoms with E-state index >= 15 is 0 Å². The molecule has 14 nitrogen and oxygen atoms in total. The summed E-state index contributed by atoms with van der Waals surface area (Å²) >= 11 is 12.9. The first-order valence-corrected chi connectivity index (χ1v) is 19.1. The van der Waals surface area contributed by atoms with E-state index < -0.39 is 49.3 Å². The zero-order valence-corrected chi connectivity index (χ0v) is 31.3. The number of hydrogen-bond acceptors (Lipinski definition) is 7. The van der Waals surface area contributed by atoms with E-state index in [1.165, 1.54) is 24.3 Å². The van der Waals surface area contributed by atoms with Crippen LogP contribution in [-0.2, 0) is 49.6 Å². The van der Waals surface area contributed by atoms with Crippen molar-refractivity contribution in [1.82, 2.24) is 20.9 Å². The molecule has 0 spiro atoms. The fraction of sp³-hybridized carbons (Fsp3) is 0.333. The first-order valence-electron chi connectivity index (χ1n) is 16.8. The number of nitrogens with one attached hydrogen (secondary N) is 4. The molecule has 8 N–H and O–H groups in total. The highest BCUT2D eigenvalue weighted by Gasteiger charge is 2.46. The number of primary amides is 1. The van der Waals surface area contributed by atoms with Gasteiger partial charge in [-0.15, -0.1) is 0 Å². The first kappa shape index (κ1) is 39.6. The highest BCUT2D eigenvalue weighted by atomic mass is 35.5. The summed E-state index contributed by atoms with van der Waals surface area (Å²) in [6.07, 6.45) is -0.129. The molecule has 4 atom stereocenters.